The Morgan fingerprint density at radius 3 is 2.75 bits per heavy atom. The molecule has 0 fully saturated rings. The summed E-state index contributed by atoms with van der Waals surface area (Å²) in [4.78, 5) is 0.264. The maximum Gasteiger partial charge on any atom is 0.242 e. The van der Waals surface area contributed by atoms with E-state index in [4.69, 9.17) is 5.26 Å². The molecule has 5 nitrogen and oxygen atoms in total. The van der Waals surface area contributed by atoms with Crippen LogP contribution in [-0.4, -0.2) is 32.9 Å². The fourth-order valence-electron chi connectivity index (χ4n) is 1.88. The highest BCUT2D eigenvalue weighted by Gasteiger charge is 2.21. The number of nitrogens with one attached hydrogen (secondary N) is 1. The van der Waals surface area contributed by atoms with Gasteiger partial charge >= 0.3 is 0 Å². The van der Waals surface area contributed by atoms with Crippen molar-refractivity contribution in [3.8, 4) is 6.07 Å². The molecule has 1 unspecified atom stereocenters. The Balaban J connectivity index is 3.02. The highest BCUT2D eigenvalue weighted by Crippen LogP contribution is 2.20. The first-order valence-electron chi connectivity index (χ1n) is 6.60. The Labute approximate surface area is 121 Å². The summed E-state index contributed by atoms with van der Waals surface area (Å²) in [6.45, 7) is 5.02. The summed E-state index contributed by atoms with van der Waals surface area (Å²) in [7, 11) is -2.03. The second-order valence-corrected chi connectivity index (χ2v) is 6.63. The molecule has 6 heteroatoms. The quantitative estimate of drug-likeness (QED) is 0.833. The van der Waals surface area contributed by atoms with Crippen LogP contribution in [0.2, 0.25) is 0 Å². The van der Waals surface area contributed by atoms with Crippen LogP contribution < -0.4 is 5.32 Å². The molecule has 1 N–H and O–H groups in total. The lowest BCUT2D eigenvalue weighted by Gasteiger charge is -2.18. The van der Waals surface area contributed by atoms with Gasteiger partial charge in [0.15, 0.2) is 0 Å². The topological polar surface area (TPSA) is 73.2 Å². The van der Waals surface area contributed by atoms with Crippen molar-refractivity contribution in [3.63, 3.8) is 0 Å². The van der Waals surface area contributed by atoms with Crippen molar-refractivity contribution >= 4 is 10.0 Å². The fourth-order valence-corrected chi connectivity index (χ4v) is 3.10. The van der Waals surface area contributed by atoms with Crippen molar-refractivity contribution < 1.29 is 8.42 Å². The number of hydrogen-bond donors (Lipinski definition) is 1. The second kappa shape index (κ2) is 7.39. The molecule has 110 valence electrons. The largest absolute Gasteiger partial charge is 0.310 e. The Kier molecular flexibility index (Phi) is 6.14. The van der Waals surface area contributed by atoms with Crippen molar-refractivity contribution in [1.29, 1.82) is 5.26 Å². The predicted molar refractivity (Wildman–Crippen MR) is 78.6 cm³/mol. The summed E-state index contributed by atoms with van der Waals surface area (Å²) < 4.78 is 25.9. The van der Waals surface area contributed by atoms with Gasteiger partial charge in [-0.05, 0) is 31.2 Å². The van der Waals surface area contributed by atoms with E-state index in [0.29, 0.717) is 0 Å². The Bertz CT molecular complexity index is 578. The molecule has 0 aromatic heterocycles. The average molecular weight is 295 g/mol. The molecule has 0 aliphatic rings. The molecule has 0 aliphatic heterocycles. The zero-order valence-corrected chi connectivity index (χ0v) is 12.9. The lowest BCUT2D eigenvalue weighted by molar-refractivity contribution is 0.476. The lowest BCUT2D eigenvalue weighted by Crippen LogP contribution is -2.28. The van der Waals surface area contributed by atoms with Gasteiger partial charge in [0, 0.05) is 26.1 Å². The van der Waals surface area contributed by atoms with Crippen LogP contribution in [0.25, 0.3) is 0 Å². The normalized spacial score (nSPS) is 13.2. The number of rotatable bonds is 7. The van der Waals surface area contributed by atoms with Crippen molar-refractivity contribution in [2.45, 2.75) is 31.2 Å². The van der Waals surface area contributed by atoms with E-state index in [1.807, 2.05) is 26.0 Å². The van der Waals surface area contributed by atoms with Crippen molar-refractivity contribution in [3.05, 3.63) is 29.8 Å². The summed E-state index contributed by atoms with van der Waals surface area (Å²) in [5, 5.41) is 11.8. The van der Waals surface area contributed by atoms with Crippen molar-refractivity contribution in [2.75, 3.05) is 20.1 Å². The van der Waals surface area contributed by atoms with Crippen LogP contribution in [0.4, 0.5) is 0 Å². The third kappa shape index (κ3) is 4.04. The highest BCUT2D eigenvalue weighted by atomic mass is 32.2. The molecule has 0 saturated heterocycles. The summed E-state index contributed by atoms with van der Waals surface area (Å²) in [6, 6.07) is 8.97. The van der Waals surface area contributed by atoms with E-state index >= 15 is 0 Å². The third-order valence-electron chi connectivity index (χ3n) is 3.12. The van der Waals surface area contributed by atoms with Gasteiger partial charge in [0.25, 0.3) is 0 Å². The first-order chi connectivity index (χ1) is 9.43. The van der Waals surface area contributed by atoms with E-state index in [1.54, 1.807) is 18.2 Å². The van der Waals surface area contributed by atoms with Gasteiger partial charge in [0.05, 0.1) is 11.0 Å². The van der Waals surface area contributed by atoms with Crippen LogP contribution in [0, 0.1) is 11.3 Å². The Morgan fingerprint density at radius 2 is 2.15 bits per heavy atom. The van der Waals surface area contributed by atoms with Crippen molar-refractivity contribution in [2.24, 2.45) is 0 Å². The van der Waals surface area contributed by atoms with Gasteiger partial charge in [-0.15, -0.1) is 0 Å². The minimum absolute atomic E-state index is 0.0968. The molecule has 0 radical (unpaired) electrons. The standard InChI is InChI=1S/C14H21N3O2S/c1-4-16-12(2)13-7-5-8-14(11-13)20(18,19)17(3)10-6-9-15/h5,7-8,11-12,16H,4,6,10H2,1-3H3. The first kappa shape index (κ1) is 16.6. The van der Waals surface area contributed by atoms with Crippen LogP contribution in [0.3, 0.4) is 0 Å². The van der Waals surface area contributed by atoms with Gasteiger partial charge in [0.1, 0.15) is 0 Å². The van der Waals surface area contributed by atoms with Crippen LogP contribution in [0.15, 0.2) is 29.2 Å². The molecule has 1 rings (SSSR count). The molecule has 1 aromatic rings. The van der Waals surface area contributed by atoms with Crippen LogP contribution in [0.5, 0.6) is 0 Å². The minimum Gasteiger partial charge on any atom is -0.310 e. The monoisotopic (exact) mass is 295 g/mol. The van der Waals surface area contributed by atoms with E-state index in [9.17, 15) is 8.42 Å². The smallest absolute Gasteiger partial charge is 0.242 e. The molecule has 0 bridgehead atoms. The van der Waals surface area contributed by atoms with Gasteiger partial charge < -0.3 is 5.32 Å². The summed E-state index contributed by atoms with van der Waals surface area (Å²) >= 11 is 0. The molecular weight excluding hydrogens is 274 g/mol. The second-order valence-electron chi connectivity index (χ2n) is 4.59. The first-order valence-corrected chi connectivity index (χ1v) is 8.04. The van der Waals surface area contributed by atoms with Gasteiger partial charge in [-0.2, -0.15) is 9.57 Å². The third-order valence-corrected chi connectivity index (χ3v) is 4.97. The summed E-state index contributed by atoms with van der Waals surface area (Å²) in [5.74, 6) is 0. The van der Waals surface area contributed by atoms with E-state index < -0.39 is 10.0 Å². The maximum atomic E-state index is 12.4. The SMILES string of the molecule is CCNC(C)c1cccc(S(=O)(=O)N(C)CCC#N)c1. The Hall–Kier alpha value is -1.42. The molecule has 1 atom stereocenters. The van der Waals surface area contributed by atoms with Gasteiger partial charge in [-0.3, -0.25) is 0 Å². The Morgan fingerprint density at radius 1 is 1.45 bits per heavy atom. The lowest BCUT2D eigenvalue weighted by atomic mass is 10.1. The van der Waals surface area contributed by atoms with Crippen LogP contribution >= 0.6 is 0 Å². The van der Waals surface area contributed by atoms with Crippen LogP contribution in [-0.2, 0) is 10.0 Å². The fraction of sp³-hybridized carbons (Fsp3) is 0.500. The zero-order valence-electron chi connectivity index (χ0n) is 12.1. The molecule has 0 saturated carbocycles. The van der Waals surface area contributed by atoms with Gasteiger partial charge in [-0.1, -0.05) is 19.1 Å². The number of nitrogens with zero attached hydrogens (tertiary/aromatic N) is 2. The minimum atomic E-state index is -3.53. The highest BCUT2D eigenvalue weighted by molar-refractivity contribution is 7.89. The maximum absolute atomic E-state index is 12.4. The van der Waals surface area contributed by atoms with Gasteiger partial charge in [-0.25, -0.2) is 8.42 Å². The van der Waals surface area contributed by atoms with E-state index in [2.05, 4.69) is 5.32 Å². The van der Waals surface area contributed by atoms with E-state index in [1.165, 1.54) is 11.4 Å². The molecule has 1 aromatic carbocycles. The summed E-state index contributed by atoms with van der Waals surface area (Å²) in [5.41, 5.74) is 0.932. The average Bonchev–Trinajstić information content (AvgIpc) is 2.45. The number of benzene rings is 1. The zero-order chi connectivity index (χ0) is 15.2. The summed E-state index contributed by atoms with van der Waals surface area (Å²) in [6.07, 6.45) is 0.184. The molecule has 0 spiro atoms. The number of hydrogen-bond acceptors (Lipinski definition) is 4. The number of nitriles is 1. The number of sulfonamides is 1. The molecule has 0 heterocycles. The van der Waals surface area contributed by atoms with Crippen molar-refractivity contribution in [1.82, 2.24) is 9.62 Å². The molecule has 0 aliphatic carbocycles. The predicted octanol–water partition coefficient (Wildman–Crippen LogP) is 1.89. The molecular formula is C14H21N3O2S. The molecule has 0 amide bonds. The molecule has 20 heavy (non-hydrogen) atoms. The van der Waals surface area contributed by atoms with E-state index in [-0.39, 0.29) is 23.9 Å². The van der Waals surface area contributed by atoms with Crippen LogP contribution in [0.1, 0.15) is 31.9 Å². The van der Waals surface area contributed by atoms with E-state index in [0.717, 1.165) is 12.1 Å². The van der Waals surface area contributed by atoms with Gasteiger partial charge in [0.2, 0.25) is 10.0 Å².